The first-order valence-corrected chi connectivity index (χ1v) is 17.5. The highest BCUT2D eigenvalue weighted by Gasteiger charge is 2.61. The third kappa shape index (κ3) is 5.10. The molecule has 1 amide bonds. The van der Waals surface area contributed by atoms with Crippen molar-refractivity contribution in [1.82, 2.24) is 9.71 Å². The molecule has 5 rings (SSSR count). The van der Waals surface area contributed by atoms with Crippen LogP contribution in [0.4, 0.5) is 0 Å². The van der Waals surface area contributed by atoms with E-state index in [0.717, 1.165) is 36.0 Å². The number of nitrogens with zero attached hydrogens (tertiary/aromatic N) is 1. The van der Waals surface area contributed by atoms with Gasteiger partial charge in [-0.2, -0.15) is 0 Å². The molecule has 1 N–H and O–H groups in total. The maximum Gasteiger partial charge on any atom is 0.265 e. The Bertz CT molecular complexity index is 1150. The Morgan fingerprint density at radius 3 is 2.56 bits per heavy atom. The van der Waals surface area contributed by atoms with Crippen LogP contribution >= 0.6 is 0 Å². The van der Waals surface area contributed by atoms with Crippen LogP contribution in [-0.4, -0.2) is 19.3 Å². The van der Waals surface area contributed by atoms with E-state index >= 15 is 0 Å². The van der Waals surface area contributed by atoms with Crippen molar-refractivity contribution in [3.05, 3.63) is 24.0 Å². The van der Waals surface area contributed by atoms with Crippen LogP contribution in [0.25, 0.3) is 0 Å². The molecule has 5 nitrogen and oxygen atoms in total. The maximum absolute atomic E-state index is 12.9. The van der Waals surface area contributed by atoms with Crippen LogP contribution in [0.15, 0.2) is 23.2 Å². The van der Waals surface area contributed by atoms with Gasteiger partial charge in [-0.1, -0.05) is 53.9 Å². The standard InChI is InChI=1S/C33H52N2O3S/c1-6-23-21-24-27-15-14-25(33(27,5)19-17-28(24)32(4)18-9-8-11-26(23)32)22(3)13-16-31(36)35-39(37,38)30-12-10-20-34-29(30)7-2/h10,12,20,22-28H,6-9,11,13-19,21H2,1-5H3,(H,35,36)/t22-,23+,24?,25-,26+,27?,28?,32+,33-/m1/s1. The highest BCUT2D eigenvalue weighted by molar-refractivity contribution is 7.90. The van der Waals surface area contributed by atoms with Crippen molar-refractivity contribution in [2.45, 2.75) is 123 Å². The smallest absolute Gasteiger partial charge is 0.265 e. The van der Waals surface area contributed by atoms with Crippen molar-refractivity contribution in [2.75, 3.05) is 0 Å². The van der Waals surface area contributed by atoms with E-state index in [9.17, 15) is 13.2 Å². The Hall–Kier alpha value is -1.43. The number of hydrogen-bond acceptors (Lipinski definition) is 4. The lowest BCUT2D eigenvalue weighted by Crippen LogP contribution is -2.55. The number of pyridine rings is 1. The minimum atomic E-state index is -3.90. The number of aromatic nitrogens is 1. The Morgan fingerprint density at radius 1 is 1.05 bits per heavy atom. The molecule has 39 heavy (non-hydrogen) atoms. The molecule has 0 radical (unpaired) electrons. The summed E-state index contributed by atoms with van der Waals surface area (Å²) in [5.74, 6) is 5.05. The van der Waals surface area contributed by atoms with Crippen molar-refractivity contribution in [1.29, 1.82) is 0 Å². The second-order valence-corrected chi connectivity index (χ2v) is 15.9. The van der Waals surface area contributed by atoms with Gasteiger partial charge in [-0.15, -0.1) is 0 Å². The summed E-state index contributed by atoms with van der Waals surface area (Å²) in [4.78, 5) is 17.1. The number of fused-ring (bicyclic) bond motifs is 5. The normalized spacial score (nSPS) is 38.8. The zero-order valence-corrected chi connectivity index (χ0v) is 25.9. The first-order valence-electron chi connectivity index (χ1n) is 16.0. The average Bonchev–Trinajstić information content (AvgIpc) is 3.28. The first kappa shape index (κ1) is 29.1. The summed E-state index contributed by atoms with van der Waals surface area (Å²) < 4.78 is 28.1. The van der Waals surface area contributed by atoms with E-state index in [-0.39, 0.29) is 11.3 Å². The molecule has 4 fully saturated rings. The quantitative estimate of drug-likeness (QED) is 0.359. The van der Waals surface area contributed by atoms with Gasteiger partial charge in [0.15, 0.2) is 0 Å². The van der Waals surface area contributed by atoms with Crippen molar-refractivity contribution >= 4 is 15.9 Å². The molecule has 4 saturated carbocycles. The van der Waals surface area contributed by atoms with Crippen LogP contribution in [0.5, 0.6) is 0 Å². The van der Waals surface area contributed by atoms with Crippen LogP contribution in [0.1, 0.15) is 117 Å². The van der Waals surface area contributed by atoms with Crippen molar-refractivity contribution in [3.8, 4) is 0 Å². The molecule has 1 aromatic rings. The molecule has 0 spiro atoms. The summed E-state index contributed by atoms with van der Waals surface area (Å²) in [6.45, 7) is 11.9. The minimum Gasteiger partial charge on any atom is -0.274 e. The summed E-state index contributed by atoms with van der Waals surface area (Å²) in [5, 5.41) is 0. The van der Waals surface area contributed by atoms with E-state index in [1.165, 1.54) is 70.3 Å². The molecule has 3 unspecified atom stereocenters. The molecule has 218 valence electrons. The second-order valence-electron chi connectivity index (χ2n) is 14.2. The minimum absolute atomic E-state index is 0.114. The number of hydrogen-bond donors (Lipinski definition) is 1. The zero-order chi connectivity index (χ0) is 28.0. The zero-order valence-electron chi connectivity index (χ0n) is 25.0. The number of amides is 1. The Labute approximate surface area is 237 Å². The molecule has 1 heterocycles. The van der Waals surface area contributed by atoms with Crippen molar-refractivity contribution < 1.29 is 13.2 Å². The topological polar surface area (TPSA) is 76.1 Å². The SMILES string of the molecule is CCc1ncccc1S(=O)(=O)NC(=O)CC[C@@H](C)[C@H]1CCC2C3C[C@H](CC)[C@@H]4CCCC[C@]4(C)C3CC[C@@]21C. The molecule has 6 heteroatoms. The van der Waals surface area contributed by atoms with Gasteiger partial charge < -0.3 is 0 Å². The number of rotatable bonds is 8. The van der Waals surface area contributed by atoms with E-state index in [2.05, 4.69) is 37.4 Å². The van der Waals surface area contributed by atoms with Gasteiger partial charge in [0.2, 0.25) is 5.91 Å². The van der Waals surface area contributed by atoms with Crippen molar-refractivity contribution in [3.63, 3.8) is 0 Å². The van der Waals surface area contributed by atoms with Crippen LogP contribution in [0, 0.1) is 52.3 Å². The number of carbonyl (C=O) groups excluding carboxylic acids is 1. The van der Waals surface area contributed by atoms with Gasteiger partial charge in [-0.3, -0.25) is 9.78 Å². The van der Waals surface area contributed by atoms with Gasteiger partial charge in [0.25, 0.3) is 10.0 Å². The van der Waals surface area contributed by atoms with Gasteiger partial charge in [0.1, 0.15) is 4.90 Å². The fraction of sp³-hybridized carbons (Fsp3) is 0.818. The van der Waals surface area contributed by atoms with E-state index in [1.54, 1.807) is 12.3 Å². The van der Waals surface area contributed by atoms with Crippen LogP contribution < -0.4 is 4.72 Å². The molecule has 9 atom stereocenters. The van der Waals surface area contributed by atoms with Crippen LogP contribution in [0.2, 0.25) is 0 Å². The third-order valence-corrected chi connectivity index (χ3v) is 14.0. The molecule has 0 aliphatic heterocycles. The summed E-state index contributed by atoms with van der Waals surface area (Å²) in [6.07, 6.45) is 16.9. The lowest BCUT2D eigenvalue weighted by atomic mass is 9.42. The number of carbonyl (C=O) groups is 1. The Morgan fingerprint density at radius 2 is 1.82 bits per heavy atom. The van der Waals surface area contributed by atoms with E-state index in [4.69, 9.17) is 0 Å². The lowest BCUT2D eigenvalue weighted by molar-refractivity contribution is -0.138. The first-order chi connectivity index (χ1) is 18.5. The number of aryl methyl sites for hydroxylation is 1. The summed E-state index contributed by atoms with van der Waals surface area (Å²) in [5.41, 5.74) is 1.39. The van der Waals surface area contributed by atoms with E-state index < -0.39 is 15.9 Å². The summed E-state index contributed by atoms with van der Waals surface area (Å²) in [7, 11) is -3.90. The van der Waals surface area contributed by atoms with Crippen LogP contribution in [-0.2, 0) is 21.2 Å². The van der Waals surface area contributed by atoms with Gasteiger partial charge in [0, 0.05) is 12.6 Å². The lowest BCUT2D eigenvalue weighted by Gasteiger charge is -2.63. The highest BCUT2D eigenvalue weighted by Crippen LogP contribution is 2.69. The molecule has 1 aromatic heterocycles. The molecule has 0 saturated heterocycles. The highest BCUT2D eigenvalue weighted by atomic mass is 32.2. The molecule has 4 aliphatic carbocycles. The molecular weight excluding hydrogens is 504 g/mol. The molecule has 0 bridgehead atoms. The molecule has 4 aliphatic rings. The van der Waals surface area contributed by atoms with Gasteiger partial charge in [-0.25, -0.2) is 13.1 Å². The molecular formula is C33H52N2O3S. The molecule has 0 aromatic carbocycles. The average molecular weight is 557 g/mol. The van der Waals surface area contributed by atoms with Gasteiger partial charge in [0.05, 0.1) is 5.69 Å². The number of sulfonamides is 1. The second kappa shape index (κ2) is 11.1. The Balaban J connectivity index is 1.24. The van der Waals surface area contributed by atoms with E-state index in [0.29, 0.717) is 34.8 Å². The number of nitrogens with one attached hydrogen (secondary N) is 1. The maximum atomic E-state index is 12.9. The monoisotopic (exact) mass is 556 g/mol. The predicted octanol–water partition coefficient (Wildman–Crippen LogP) is 7.55. The largest absolute Gasteiger partial charge is 0.274 e. The predicted molar refractivity (Wildman–Crippen MR) is 156 cm³/mol. The third-order valence-electron chi connectivity index (χ3n) is 12.6. The van der Waals surface area contributed by atoms with Crippen molar-refractivity contribution in [2.24, 2.45) is 52.3 Å². The Kier molecular flexibility index (Phi) is 8.27. The van der Waals surface area contributed by atoms with Crippen LogP contribution in [0.3, 0.4) is 0 Å². The summed E-state index contributed by atoms with van der Waals surface area (Å²) in [6, 6.07) is 3.14. The van der Waals surface area contributed by atoms with E-state index in [1.807, 2.05) is 6.92 Å². The summed E-state index contributed by atoms with van der Waals surface area (Å²) >= 11 is 0. The fourth-order valence-corrected chi connectivity index (χ4v) is 12.0. The van der Waals surface area contributed by atoms with Gasteiger partial charge >= 0.3 is 0 Å². The van der Waals surface area contributed by atoms with Gasteiger partial charge in [-0.05, 0) is 122 Å². The fourth-order valence-electron chi connectivity index (χ4n) is 10.7.